The van der Waals surface area contributed by atoms with Crippen LogP contribution in [-0.4, -0.2) is 52.8 Å². The SMILES string of the molecule is CCN1C(=O)/C(=C/c2ccc(N(C)C)cc2)SC1=Nc1ccc(C(=O)O)c(O)c1. The van der Waals surface area contributed by atoms with Gasteiger partial charge in [-0.3, -0.25) is 9.69 Å². The van der Waals surface area contributed by atoms with Crippen molar-refractivity contribution in [3.05, 3.63) is 58.5 Å². The molecular formula is C21H21N3O4S. The van der Waals surface area contributed by atoms with Crippen molar-refractivity contribution < 1.29 is 19.8 Å². The van der Waals surface area contributed by atoms with Crippen molar-refractivity contribution in [2.45, 2.75) is 6.92 Å². The molecule has 3 rings (SSSR count). The number of thioether (sulfide) groups is 1. The number of benzene rings is 2. The standard InChI is InChI=1S/C21H21N3O4S/c1-4-24-19(26)18(11-13-5-8-15(9-6-13)23(2)3)29-21(24)22-14-7-10-16(20(27)28)17(25)12-14/h5-12,25H,4H2,1-3H3,(H,27,28)/b18-11-,22-21?. The van der Waals surface area contributed by atoms with Crippen LogP contribution in [0.5, 0.6) is 5.75 Å². The minimum atomic E-state index is -1.21. The lowest BCUT2D eigenvalue weighted by Gasteiger charge is -2.12. The van der Waals surface area contributed by atoms with E-state index in [4.69, 9.17) is 5.11 Å². The molecular weight excluding hydrogens is 390 g/mol. The molecule has 1 heterocycles. The molecule has 1 fully saturated rings. The Balaban J connectivity index is 1.89. The molecule has 1 aliphatic heterocycles. The zero-order valence-corrected chi connectivity index (χ0v) is 17.1. The number of aromatic carboxylic acids is 1. The minimum Gasteiger partial charge on any atom is -0.507 e. The lowest BCUT2D eigenvalue weighted by molar-refractivity contribution is -0.122. The van der Waals surface area contributed by atoms with Gasteiger partial charge in [-0.2, -0.15) is 0 Å². The van der Waals surface area contributed by atoms with Crippen LogP contribution in [0.4, 0.5) is 11.4 Å². The highest BCUT2D eigenvalue weighted by Crippen LogP contribution is 2.35. The normalized spacial score (nSPS) is 16.7. The quantitative estimate of drug-likeness (QED) is 0.728. The fraction of sp³-hybridized carbons (Fsp3) is 0.190. The molecule has 2 aromatic carbocycles. The summed E-state index contributed by atoms with van der Waals surface area (Å²) >= 11 is 1.25. The van der Waals surface area contributed by atoms with E-state index in [-0.39, 0.29) is 17.2 Å². The maximum absolute atomic E-state index is 12.7. The summed E-state index contributed by atoms with van der Waals surface area (Å²) in [4.78, 5) is 32.3. The van der Waals surface area contributed by atoms with Crippen LogP contribution in [0.2, 0.25) is 0 Å². The van der Waals surface area contributed by atoms with Gasteiger partial charge in [0.2, 0.25) is 0 Å². The average Bonchev–Trinajstić information content (AvgIpc) is 2.96. The van der Waals surface area contributed by atoms with Gasteiger partial charge in [-0.05, 0) is 54.6 Å². The number of carboxylic acid groups (broad SMARTS) is 1. The molecule has 1 saturated heterocycles. The van der Waals surface area contributed by atoms with Crippen molar-refractivity contribution in [3.63, 3.8) is 0 Å². The lowest BCUT2D eigenvalue weighted by atomic mass is 10.2. The van der Waals surface area contributed by atoms with Gasteiger partial charge in [0, 0.05) is 32.4 Å². The molecule has 0 spiro atoms. The number of amides is 1. The number of anilines is 1. The molecule has 29 heavy (non-hydrogen) atoms. The van der Waals surface area contributed by atoms with Gasteiger partial charge >= 0.3 is 5.97 Å². The molecule has 0 aromatic heterocycles. The number of nitrogens with zero attached hydrogens (tertiary/aromatic N) is 3. The fourth-order valence-electron chi connectivity index (χ4n) is 2.77. The first-order chi connectivity index (χ1) is 13.8. The van der Waals surface area contributed by atoms with Crippen LogP contribution in [-0.2, 0) is 4.79 Å². The first-order valence-electron chi connectivity index (χ1n) is 8.94. The summed E-state index contributed by atoms with van der Waals surface area (Å²) in [7, 11) is 3.93. The monoisotopic (exact) mass is 411 g/mol. The number of amidine groups is 1. The van der Waals surface area contributed by atoms with Gasteiger partial charge in [-0.25, -0.2) is 9.79 Å². The molecule has 150 valence electrons. The molecule has 0 atom stereocenters. The Bertz CT molecular complexity index is 1010. The van der Waals surface area contributed by atoms with Crippen LogP contribution < -0.4 is 4.90 Å². The Morgan fingerprint density at radius 1 is 1.21 bits per heavy atom. The maximum Gasteiger partial charge on any atom is 0.339 e. The second kappa shape index (κ2) is 8.40. The number of likely N-dealkylation sites (N-methyl/N-ethyl adjacent to an activating group) is 1. The highest BCUT2D eigenvalue weighted by Gasteiger charge is 2.32. The molecule has 0 radical (unpaired) electrons. The molecule has 0 aliphatic carbocycles. The highest BCUT2D eigenvalue weighted by molar-refractivity contribution is 8.18. The topological polar surface area (TPSA) is 93.4 Å². The van der Waals surface area contributed by atoms with Gasteiger partial charge in [0.05, 0.1) is 10.6 Å². The van der Waals surface area contributed by atoms with Gasteiger partial charge in [-0.15, -0.1) is 0 Å². The number of hydrogen-bond acceptors (Lipinski definition) is 6. The van der Waals surface area contributed by atoms with Gasteiger partial charge in [0.25, 0.3) is 5.91 Å². The lowest BCUT2D eigenvalue weighted by Crippen LogP contribution is -2.28. The van der Waals surface area contributed by atoms with Crippen LogP contribution in [0, 0.1) is 0 Å². The number of rotatable bonds is 5. The van der Waals surface area contributed by atoms with E-state index in [0.717, 1.165) is 11.3 Å². The zero-order valence-electron chi connectivity index (χ0n) is 16.3. The summed E-state index contributed by atoms with van der Waals surface area (Å²) in [6.45, 7) is 2.30. The predicted molar refractivity (Wildman–Crippen MR) is 116 cm³/mol. The van der Waals surface area contributed by atoms with Crippen molar-refractivity contribution >= 4 is 46.3 Å². The Morgan fingerprint density at radius 3 is 2.45 bits per heavy atom. The largest absolute Gasteiger partial charge is 0.507 e. The first kappa shape index (κ1) is 20.5. The number of aromatic hydroxyl groups is 1. The first-order valence-corrected chi connectivity index (χ1v) is 9.75. The molecule has 7 nitrogen and oxygen atoms in total. The molecule has 2 N–H and O–H groups in total. The van der Waals surface area contributed by atoms with Crippen molar-refractivity contribution in [3.8, 4) is 5.75 Å². The Kier molecular flexibility index (Phi) is 5.93. The smallest absolute Gasteiger partial charge is 0.339 e. The highest BCUT2D eigenvalue weighted by atomic mass is 32.2. The summed E-state index contributed by atoms with van der Waals surface area (Å²) < 4.78 is 0. The van der Waals surface area contributed by atoms with E-state index < -0.39 is 5.97 Å². The van der Waals surface area contributed by atoms with Gasteiger partial charge in [0.1, 0.15) is 11.3 Å². The zero-order chi connectivity index (χ0) is 21.1. The Labute approximate surface area is 173 Å². The average molecular weight is 411 g/mol. The molecule has 0 bridgehead atoms. The second-order valence-electron chi connectivity index (χ2n) is 6.55. The molecule has 0 saturated carbocycles. The molecule has 1 aliphatic rings. The minimum absolute atomic E-state index is 0.140. The van der Waals surface area contributed by atoms with Crippen LogP contribution in [0.1, 0.15) is 22.8 Å². The van der Waals surface area contributed by atoms with Crippen molar-refractivity contribution in [2.24, 2.45) is 4.99 Å². The maximum atomic E-state index is 12.7. The second-order valence-corrected chi connectivity index (χ2v) is 7.56. The van der Waals surface area contributed by atoms with Crippen molar-refractivity contribution in [1.82, 2.24) is 4.90 Å². The Morgan fingerprint density at radius 2 is 1.90 bits per heavy atom. The third-order valence-corrected chi connectivity index (χ3v) is 5.35. The van der Waals surface area contributed by atoms with E-state index >= 15 is 0 Å². The van der Waals surface area contributed by atoms with Gasteiger partial charge < -0.3 is 15.1 Å². The van der Waals surface area contributed by atoms with Gasteiger partial charge in [0.15, 0.2) is 5.17 Å². The summed E-state index contributed by atoms with van der Waals surface area (Å²) in [6.07, 6.45) is 1.82. The number of phenols is 1. The summed E-state index contributed by atoms with van der Waals surface area (Å²) in [5.41, 5.74) is 2.16. The van der Waals surface area contributed by atoms with Crippen LogP contribution in [0.25, 0.3) is 6.08 Å². The summed E-state index contributed by atoms with van der Waals surface area (Å²) in [5.74, 6) is -1.72. The Hall–Kier alpha value is -3.26. The van der Waals surface area contributed by atoms with Crippen molar-refractivity contribution in [2.75, 3.05) is 25.5 Å². The fourth-order valence-corrected chi connectivity index (χ4v) is 3.83. The van der Waals surface area contributed by atoms with E-state index in [9.17, 15) is 14.7 Å². The third-order valence-electron chi connectivity index (χ3n) is 4.35. The van der Waals surface area contributed by atoms with E-state index in [1.54, 1.807) is 4.90 Å². The number of carbonyl (C=O) groups is 2. The third kappa shape index (κ3) is 4.43. The number of hydrogen-bond donors (Lipinski definition) is 2. The van der Waals surface area contributed by atoms with Crippen molar-refractivity contribution in [1.29, 1.82) is 0 Å². The number of aliphatic imine (C=N–C) groups is 1. The molecule has 1 amide bonds. The van der Waals surface area contributed by atoms with Crippen LogP contribution in [0.3, 0.4) is 0 Å². The number of carbonyl (C=O) groups excluding carboxylic acids is 1. The predicted octanol–water partition coefficient (Wildman–Crippen LogP) is 3.78. The van der Waals surface area contributed by atoms with E-state index in [1.807, 2.05) is 56.3 Å². The number of carboxylic acids is 1. The van der Waals surface area contributed by atoms with Gasteiger partial charge in [-0.1, -0.05) is 12.1 Å². The summed E-state index contributed by atoms with van der Waals surface area (Å²) in [6, 6.07) is 11.9. The van der Waals surface area contributed by atoms with E-state index in [2.05, 4.69) is 4.99 Å². The molecule has 0 unspecified atom stereocenters. The molecule has 8 heteroatoms. The van der Waals surface area contributed by atoms with Crippen LogP contribution >= 0.6 is 11.8 Å². The van der Waals surface area contributed by atoms with E-state index in [0.29, 0.717) is 22.3 Å². The van der Waals surface area contributed by atoms with E-state index in [1.165, 1.54) is 30.0 Å². The summed E-state index contributed by atoms with van der Waals surface area (Å²) in [5, 5.41) is 19.4. The molecule has 2 aromatic rings. The van der Waals surface area contributed by atoms with Crippen LogP contribution in [0.15, 0.2) is 52.4 Å².